The van der Waals surface area contributed by atoms with Gasteiger partial charge in [0.25, 0.3) is 0 Å². The smallest absolute Gasteiger partial charge is 0.141 e. The number of thiophene rings is 1. The number of rotatable bonds is 3. The van der Waals surface area contributed by atoms with Crippen LogP contribution in [-0.4, -0.2) is 9.97 Å². The van der Waals surface area contributed by atoms with Crippen molar-refractivity contribution >= 4 is 33.2 Å². The zero-order chi connectivity index (χ0) is 12.6. The Kier molecular flexibility index (Phi) is 3.69. The monoisotopic (exact) mass is 268 g/mol. The van der Waals surface area contributed by atoms with E-state index in [1.807, 2.05) is 0 Å². The number of nitrogens with zero attached hydrogens (tertiary/aromatic N) is 2. The Bertz CT molecular complexity index is 546. The molecule has 0 aliphatic heterocycles. The summed E-state index contributed by atoms with van der Waals surface area (Å²) < 4.78 is 0. The lowest BCUT2D eigenvalue weighted by Crippen LogP contribution is -1.98. The van der Waals surface area contributed by atoms with Gasteiger partial charge in [0.15, 0.2) is 0 Å². The van der Waals surface area contributed by atoms with Crippen LogP contribution >= 0.6 is 22.9 Å². The van der Waals surface area contributed by atoms with Gasteiger partial charge in [0.2, 0.25) is 0 Å². The number of hydrogen-bond acceptors (Lipinski definition) is 3. The Morgan fingerprint density at radius 3 is 2.59 bits per heavy atom. The summed E-state index contributed by atoms with van der Waals surface area (Å²) in [6.07, 6.45) is 2.01. The Balaban J connectivity index is 2.42. The first kappa shape index (κ1) is 12.8. The van der Waals surface area contributed by atoms with E-state index in [1.54, 1.807) is 11.3 Å². The molecular formula is C13H17ClN2S. The molecule has 0 N–H and O–H groups in total. The molecule has 0 bridgehead atoms. The summed E-state index contributed by atoms with van der Waals surface area (Å²) in [6, 6.07) is 0. The van der Waals surface area contributed by atoms with Gasteiger partial charge in [-0.2, -0.15) is 0 Å². The molecule has 0 aromatic carbocycles. The van der Waals surface area contributed by atoms with Crippen LogP contribution in [-0.2, 0) is 6.42 Å². The number of aryl methyl sites for hydroxylation is 3. The van der Waals surface area contributed by atoms with Gasteiger partial charge in [0.05, 0.1) is 5.39 Å². The zero-order valence-electron chi connectivity index (χ0n) is 10.7. The van der Waals surface area contributed by atoms with Crippen molar-refractivity contribution < 1.29 is 0 Å². The third-order valence-corrected chi connectivity index (χ3v) is 4.35. The molecule has 0 atom stereocenters. The third kappa shape index (κ3) is 2.61. The van der Waals surface area contributed by atoms with Crippen molar-refractivity contribution in [3.8, 4) is 0 Å². The Hall–Kier alpha value is -0.670. The maximum Gasteiger partial charge on any atom is 0.141 e. The minimum Gasteiger partial charge on any atom is -0.222 e. The zero-order valence-corrected chi connectivity index (χ0v) is 12.2. The second kappa shape index (κ2) is 4.91. The van der Waals surface area contributed by atoms with Crippen LogP contribution in [0.5, 0.6) is 0 Å². The Morgan fingerprint density at radius 1 is 1.24 bits per heavy atom. The molecule has 2 heterocycles. The summed E-state index contributed by atoms with van der Waals surface area (Å²) in [6.45, 7) is 8.60. The van der Waals surface area contributed by atoms with Gasteiger partial charge in [-0.15, -0.1) is 11.3 Å². The van der Waals surface area contributed by atoms with E-state index in [2.05, 4.69) is 37.7 Å². The molecule has 0 unspecified atom stereocenters. The maximum atomic E-state index is 6.25. The molecule has 2 rings (SSSR count). The molecule has 0 aliphatic rings. The molecule has 17 heavy (non-hydrogen) atoms. The number of aromatic nitrogens is 2. The highest BCUT2D eigenvalue weighted by Crippen LogP contribution is 2.33. The van der Waals surface area contributed by atoms with E-state index in [0.717, 1.165) is 28.9 Å². The normalized spacial score (nSPS) is 11.6. The van der Waals surface area contributed by atoms with Crippen molar-refractivity contribution in [2.24, 2.45) is 5.92 Å². The average Bonchev–Trinajstić information content (AvgIpc) is 2.52. The molecule has 0 saturated carbocycles. The highest BCUT2D eigenvalue weighted by atomic mass is 35.5. The van der Waals surface area contributed by atoms with Gasteiger partial charge in [-0.1, -0.05) is 25.4 Å². The van der Waals surface area contributed by atoms with Crippen LogP contribution in [0.25, 0.3) is 10.2 Å². The summed E-state index contributed by atoms with van der Waals surface area (Å²) >= 11 is 7.96. The lowest BCUT2D eigenvalue weighted by molar-refractivity contribution is 0.576. The minimum atomic E-state index is 0.607. The van der Waals surface area contributed by atoms with Crippen LogP contribution in [0.15, 0.2) is 0 Å². The van der Waals surface area contributed by atoms with Gasteiger partial charge in [-0.3, -0.25) is 0 Å². The van der Waals surface area contributed by atoms with E-state index < -0.39 is 0 Å². The molecule has 2 nitrogen and oxygen atoms in total. The van der Waals surface area contributed by atoms with Crippen molar-refractivity contribution in [1.29, 1.82) is 0 Å². The molecule has 0 spiro atoms. The predicted molar refractivity (Wildman–Crippen MR) is 75.1 cm³/mol. The molecule has 4 heteroatoms. The fourth-order valence-corrected chi connectivity index (χ4v) is 3.20. The van der Waals surface area contributed by atoms with Gasteiger partial charge >= 0.3 is 0 Å². The van der Waals surface area contributed by atoms with E-state index in [1.165, 1.54) is 10.4 Å². The lowest BCUT2D eigenvalue weighted by atomic mass is 10.1. The van der Waals surface area contributed by atoms with E-state index in [9.17, 15) is 0 Å². The number of fused-ring (bicyclic) bond motifs is 1. The molecule has 0 radical (unpaired) electrons. The maximum absolute atomic E-state index is 6.25. The molecule has 92 valence electrons. The van der Waals surface area contributed by atoms with Crippen LogP contribution in [0, 0.1) is 19.8 Å². The molecule has 2 aromatic heterocycles. The van der Waals surface area contributed by atoms with E-state index in [4.69, 9.17) is 11.6 Å². The van der Waals surface area contributed by atoms with Crippen LogP contribution in [0.3, 0.4) is 0 Å². The topological polar surface area (TPSA) is 25.8 Å². The van der Waals surface area contributed by atoms with Gasteiger partial charge in [0, 0.05) is 11.3 Å². The molecule has 0 aliphatic carbocycles. The summed E-state index contributed by atoms with van der Waals surface area (Å²) in [7, 11) is 0. The standard InChI is InChI=1S/C13H17ClN2S/c1-7(2)5-6-10-15-12(14)11-8(3)9(4)17-13(11)16-10/h7H,5-6H2,1-4H3. The van der Waals surface area contributed by atoms with Gasteiger partial charge in [0.1, 0.15) is 15.8 Å². The van der Waals surface area contributed by atoms with Crippen molar-refractivity contribution in [1.82, 2.24) is 9.97 Å². The van der Waals surface area contributed by atoms with Crippen molar-refractivity contribution in [3.63, 3.8) is 0 Å². The van der Waals surface area contributed by atoms with Gasteiger partial charge in [-0.25, -0.2) is 9.97 Å². The van der Waals surface area contributed by atoms with Crippen molar-refractivity contribution in [2.45, 2.75) is 40.5 Å². The summed E-state index contributed by atoms with van der Waals surface area (Å²) in [5.74, 6) is 1.54. The summed E-state index contributed by atoms with van der Waals surface area (Å²) in [4.78, 5) is 11.3. The molecular weight excluding hydrogens is 252 g/mol. The van der Waals surface area contributed by atoms with Crippen LogP contribution in [0.4, 0.5) is 0 Å². The van der Waals surface area contributed by atoms with Crippen LogP contribution in [0.2, 0.25) is 5.15 Å². The van der Waals surface area contributed by atoms with Gasteiger partial charge in [-0.05, 0) is 31.7 Å². The average molecular weight is 269 g/mol. The van der Waals surface area contributed by atoms with Crippen LogP contribution < -0.4 is 0 Å². The van der Waals surface area contributed by atoms with Crippen molar-refractivity contribution in [3.05, 3.63) is 21.4 Å². The molecule has 0 saturated heterocycles. The largest absolute Gasteiger partial charge is 0.222 e. The van der Waals surface area contributed by atoms with Crippen molar-refractivity contribution in [2.75, 3.05) is 0 Å². The van der Waals surface area contributed by atoms with Gasteiger partial charge < -0.3 is 0 Å². The third-order valence-electron chi connectivity index (χ3n) is 2.98. The predicted octanol–water partition coefficient (Wildman–Crippen LogP) is 4.55. The molecule has 0 fully saturated rings. The molecule has 0 amide bonds. The Labute approximate surface area is 111 Å². The first-order valence-electron chi connectivity index (χ1n) is 5.91. The minimum absolute atomic E-state index is 0.607. The fraction of sp³-hybridized carbons (Fsp3) is 0.538. The fourth-order valence-electron chi connectivity index (χ4n) is 1.77. The second-order valence-corrected chi connectivity index (χ2v) is 6.39. The van der Waals surface area contributed by atoms with E-state index >= 15 is 0 Å². The summed E-state index contributed by atoms with van der Waals surface area (Å²) in [5, 5.41) is 1.64. The lowest BCUT2D eigenvalue weighted by Gasteiger charge is -2.04. The number of hydrogen-bond donors (Lipinski definition) is 0. The molecule has 2 aromatic rings. The number of halogens is 1. The highest BCUT2D eigenvalue weighted by molar-refractivity contribution is 7.18. The quantitative estimate of drug-likeness (QED) is 0.763. The highest BCUT2D eigenvalue weighted by Gasteiger charge is 2.13. The summed E-state index contributed by atoms with van der Waals surface area (Å²) in [5.41, 5.74) is 1.21. The second-order valence-electron chi connectivity index (χ2n) is 4.83. The first-order valence-corrected chi connectivity index (χ1v) is 7.10. The SMILES string of the molecule is Cc1sc2nc(CCC(C)C)nc(Cl)c2c1C. The van der Waals surface area contributed by atoms with Crippen LogP contribution in [0.1, 0.15) is 36.5 Å². The van der Waals surface area contributed by atoms with E-state index in [0.29, 0.717) is 11.1 Å². The Morgan fingerprint density at radius 2 is 1.94 bits per heavy atom. The first-order chi connectivity index (χ1) is 7.99. The van der Waals surface area contributed by atoms with E-state index in [-0.39, 0.29) is 0 Å².